The van der Waals surface area contributed by atoms with Gasteiger partial charge in [0.05, 0.1) is 0 Å². The van der Waals surface area contributed by atoms with Crippen LogP contribution in [0.5, 0.6) is 0 Å². The monoisotopic (exact) mass is 300 g/mol. The zero-order chi connectivity index (χ0) is 13.6. The first-order valence-corrected chi connectivity index (χ1v) is 9.15. The molecule has 18 heavy (non-hydrogen) atoms. The molecule has 0 aromatic rings. The quantitative estimate of drug-likeness (QED) is 0.306. The molecule has 8 nitrogen and oxygen atoms in total. The van der Waals surface area contributed by atoms with Gasteiger partial charge in [0.15, 0.2) is 0 Å². The summed E-state index contributed by atoms with van der Waals surface area (Å²) < 4.78 is 22.1. The van der Waals surface area contributed by atoms with E-state index >= 15 is 0 Å². The van der Waals surface area contributed by atoms with Crippen LogP contribution in [-0.4, -0.2) is 31.1 Å². The number of nitrogens with one attached hydrogen (secondary N) is 2. The summed E-state index contributed by atoms with van der Waals surface area (Å²) in [6.45, 7) is 0. The van der Waals surface area contributed by atoms with E-state index in [2.05, 4.69) is 10.9 Å². The zero-order valence-electron chi connectivity index (χ0n) is 9.64. The first-order valence-electron chi connectivity index (χ1n) is 5.79. The number of hydrogen-bond acceptors (Lipinski definition) is 4. The Kier molecular flexibility index (Phi) is 4.03. The van der Waals surface area contributed by atoms with Crippen LogP contribution in [0.4, 0.5) is 0 Å². The van der Waals surface area contributed by atoms with Gasteiger partial charge in [-0.2, -0.15) is 0 Å². The average molecular weight is 300 g/mol. The Morgan fingerprint density at radius 2 is 1.61 bits per heavy atom. The van der Waals surface area contributed by atoms with Crippen molar-refractivity contribution in [1.82, 2.24) is 10.9 Å². The fourth-order valence-electron chi connectivity index (χ4n) is 2.97. The lowest BCUT2D eigenvalue weighted by molar-refractivity contribution is 0.284. The van der Waals surface area contributed by atoms with Gasteiger partial charge >= 0.3 is 15.2 Å². The van der Waals surface area contributed by atoms with Crippen molar-refractivity contribution in [2.75, 3.05) is 0 Å². The standard InChI is InChI=1S/C8H18N2O6P2/c11-17(12,13)8(18(14,15)16)10-9-7-4-5-1-2-6(7)3-5/h5-10H,1-4H2,(H2,11,12,13)(H2,14,15,16)/t5-,6+,7-/m1/s1. The van der Waals surface area contributed by atoms with Crippen LogP contribution < -0.4 is 10.9 Å². The molecule has 0 unspecified atom stereocenters. The summed E-state index contributed by atoms with van der Waals surface area (Å²) in [5, 5.41) is 0. The van der Waals surface area contributed by atoms with Gasteiger partial charge in [0.2, 0.25) is 5.52 Å². The van der Waals surface area contributed by atoms with Gasteiger partial charge in [0.25, 0.3) is 0 Å². The third-order valence-electron chi connectivity index (χ3n) is 3.77. The second-order valence-corrected chi connectivity index (χ2v) is 8.92. The second-order valence-electron chi connectivity index (χ2n) is 5.12. The molecule has 3 atom stereocenters. The van der Waals surface area contributed by atoms with Crippen molar-refractivity contribution >= 4 is 15.2 Å². The maximum atomic E-state index is 11.0. The highest BCUT2D eigenvalue weighted by atomic mass is 31.2. The number of hydrogen-bond donors (Lipinski definition) is 6. The van der Waals surface area contributed by atoms with Crippen molar-refractivity contribution < 1.29 is 28.7 Å². The lowest BCUT2D eigenvalue weighted by Gasteiger charge is -2.27. The molecule has 0 spiro atoms. The maximum Gasteiger partial charge on any atom is 0.356 e. The Labute approximate surface area is 104 Å². The van der Waals surface area contributed by atoms with E-state index < -0.39 is 20.7 Å². The molecule has 0 heterocycles. The molecule has 0 aliphatic heterocycles. The van der Waals surface area contributed by atoms with Crippen LogP contribution in [0, 0.1) is 11.8 Å². The summed E-state index contributed by atoms with van der Waals surface area (Å²) in [7, 11) is -9.82. The summed E-state index contributed by atoms with van der Waals surface area (Å²) in [5.41, 5.74) is 2.67. The fraction of sp³-hybridized carbons (Fsp3) is 1.00. The Balaban J connectivity index is 1.95. The SMILES string of the molecule is O=P(O)(O)C(NN[C@@H]1C[C@@H]2CC[C@H]1C2)P(=O)(O)O. The summed E-state index contributed by atoms with van der Waals surface area (Å²) in [6.07, 6.45) is 4.19. The van der Waals surface area contributed by atoms with Crippen LogP contribution in [0.3, 0.4) is 0 Å². The lowest BCUT2D eigenvalue weighted by Crippen LogP contribution is -2.48. The third-order valence-corrected chi connectivity index (χ3v) is 7.11. The molecule has 6 N–H and O–H groups in total. The van der Waals surface area contributed by atoms with E-state index in [4.69, 9.17) is 19.6 Å². The Morgan fingerprint density at radius 1 is 1.00 bits per heavy atom. The zero-order valence-corrected chi connectivity index (χ0v) is 11.4. The van der Waals surface area contributed by atoms with E-state index in [1.54, 1.807) is 0 Å². The molecular formula is C8H18N2O6P2. The van der Waals surface area contributed by atoms with Crippen LogP contribution in [0.15, 0.2) is 0 Å². The van der Waals surface area contributed by atoms with Crippen LogP contribution in [-0.2, 0) is 9.13 Å². The Morgan fingerprint density at radius 3 is 2.00 bits per heavy atom. The molecule has 10 heteroatoms. The molecule has 0 amide bonds. The van der Waals surface area contributed by atoms with Gasteiger partial charge in [-0.15, -0.1) is 0 Å². The van der Waals surface area contributed by atoms with E-state index in [1.807, 2.05) is 0 Å². The second kappa shape index (κ2) is 4.96. The maximum absolute atomic E-state index is 11.0. The first kappa shape index (κ1) is 14.6. The average Bonchev–Trinajstić information content (AvgIpc) is 2.74. The molecular weight excluding hydrogens is 282 g/mol. The summed E-state index contributed by atoms with van der Waals surface area (Å²) in [6, 6.07) is 0.0318. The minimum Gasteiger partial charge on any atom is -0.323 e. The summed E-state index contributed by atoms with van der Waals surface area (Å²) in [5.74, 6) is 1.05. The van der Waals surface area contributed by atoms with E-state index in [1.165, 1.54) is 6.42 Å². The molecule has 0 aromatic carbocycles. The molecule has 2 aliphatic rings. The van der Waals surface area contributed by atoms with Crippen molar-refractivity contribution in [1.29, 1.82) is 0 Å². The van der Waals surface area contributed by atoms with Gasteiger partial charge in [-0.1, -0.05) is 6.42 Å². The molecule has 0 saturated heterocycles. The smallest absolute Gasteiger partial charge is 0.323 e. The van der Waals surface area contributed by atoms with E-state index in [0.29, 0.717) is 11.8 Å². The fourth-order valence-corrected chi connectivity index (χ4v) is 5.02. The molecule has 106 valence electrons. The molecule has 2 rings (SSSR count). The van der Waals surface area contributed by atoms with Crippen molar-refractivity contribution in [3.63, 3.8) is 0 Å². The highest BCUT2D eigenvalue weighted by molar-refractivity contribution is 7.70. The predicted molar refractivity (Wildman–Crippen MR) is 63.4 cm³/mol. The summed E-state index contributed by atoms with van der Waals surface area (Å²) >= 11 is 0. The number of fused-ring (bicyclic) bond motifs is 2. The van der Waals surface area contributed by atoms with Crippen LogP contribution >= 0.6 is 15.2 Å². The lowest BCUT2D eigenvalue weighted by atomic mass is 9.96. The van der Waals surface area contributed by atoms with Gasteiger partial charge in [0.1, 0.15) is 0 Å². The van der Waals surface area contributed by atoms with Crippen LogP contribution in [0.25, 0.3) is 0 Å². The topological polar surface area (TPSA) is 139 Å². The minimum absolute atomic E-state index is 0.0318. The van der Waals surface area contributed by atoms with Gasteiger partial charge < -0.3 is 19.6 Å². The van der Waals surface area contributed by atoms with Crippen molar-refractivity contribution in [2.45, 2.75) is 37.2 Å². The Bertz CT molecular complexity index is 384. The molecule has 0 radical (unpaired) electrons. The van der Waals surface area contributed by atoms with E-state index in [0.717, 1.165) is 19.3 Å². The van der Waals surface area contributed by atoms with Crippen LogP contribution in [0.1, 0.15) is 25.7 Å². The first-order chi connectivity index (χ1) is 8.18. The number of hydrazine groups is 1. The highest BCUT2D eigenvalue weighted by Gasteiger charge is 2.45. The highest BCUT2D eigenvalue weighted by Crippen LogP contribution is 2.58. The van der Waals surface area contributed by atoms with Crippen molar-refractivity contribution in [2.24, 2.45) is 11.8 Å². The largest absolute Gasteiger partial charge is 0.356 e. The van der Waals surface area contributed by atoms with E-state index in [-0.39, 0.29) is 6.04 Å². The summed E-state index contributed by atoms with van der Waals surface area (Å²) in [4.78, 5) is 35.7. The van der Waals surface area contributed by atoms with Gasteiger partial charge in [-0.25, -0.2) is 5.43 Å². The van der Waals surface area contributed by atoms with Gasteiger partial charge in [-0.05, 0) is 31.1 Å². The van der Waals surface area contributed by atoms with Gasteiger partial charge in [0, 0.05) is 6.04 Å². The molecule has 2 fully saturated rings. The normalized spacial score (nSPS) is 32.4. The molecule has 2 aliphatic carbocycles. The molecule has 0 aromatic heterocycles. The third kappa shape index (κ3) is 3.21. The number of rotatable bonds is 5. The van der Waals surface area contributed by atoms with Crippen molar-refractivity contribution in [3.05, 3.63) is 0 Å². The molecule has 2 saturated carbocycles. The van der Waals surface area contributed by atoms with Crippen LogP contribution in [0.2, 0.25) is 0 Å². The predicted octanol–water partition coefficient (Wildman–Crippen LogP) is -0.0918. The Hall–Kier alpha value is 0.220. The van der Waals surface area contributed by atoms with Crippen molar-refractivity contribution in [3.8, 4) is 0 Å². The minimum atomic E-state index is -4.91. The van der Waals surface area contributed by atoms with Gasteiger partial charge in [-0.3, -0.25) is 14.6 Å². The molecule has 2 bridgehead atoms. The van der Waals surface area contributed by atoms with E-state index in [9.17, 15) is 9.13 Å².